The number of carbonyl (C=O) groups excluding carboxylic acids is 5. The second-order valence-electron chi connectivity index (χ2n) is 8.65. The second-order valence-corrected chi connectivity index (χ2v) is 8.65. The summed E-state index contributed by atoms with van der Waals surface area (Å²) in [5.74, 6) is -10.2. The van der Waals surface area contributed by atoms with Crippen LogP contribution in [0.25, 0.3) is 5.69 Å². The highest BCUT2D eigenvalue weighted by Gasteiger charge is 2.66. The summed E-state index contributed by atoms with van der Waals surface area (Å²) in [4.78, 5) is 63.7. The summed E-state index contributed by atoms with van der Waals surface area (Å²) < 4.78 is 1.54. The molecule has 2 aromatic rings. The molecule has 1 heterocycles. The summed E-state index contributed by atoms with van der Waals surface area (Å²) >= 11 is 0. The van der Waals surface area contributed by atoms with Crippen LogP contribution in [0.2, 0.25) is 0 Å². The molecule has 5 atom stereocenters. The van der Waals surface area contributed by atoms with Gasteiger partial charge in [0.15, 0.2) is 34.7 Å². The largest absolute Gasteiger partial charge is 0.507 e. The number of amides is 1. The lowest BCUT2D eigenvalue weighted by atomic mass is 9.54. The molecule has 4 N–H and O–H groups in total. The van der Waals surface area contributed by atoms with Gasteiger partial charge in [-0.2, -0.15) is 5.10 Å². The van der Waals surface area contributed by atoms with Gasteiger partial charge in [-0.3, -0.25) is 24.0 Å². The van der Waals surface area contributed by atoms with Crippen molar-refractivity contribution in [3.8, 4) is 11.4 Å². The minimum absolute atomic E-state index is 0.0508. The maximum Gasteiger partial charge on any atom is 0.235 e. The number of phenols is 1. The summed E-state index contributed by atoms with van der Waals surface area (Å²) in [6.45, 7) is 0. The third-order valence-corrected chi connectivity index (χ3v) is 7.01. The number of aromatic hydroxyl groups is 1. The number of phenolic OH excluding ortho intramolecular Hbond substituents is 1. The number of fused-ring (bicyclic) bond motifs is 3. The first-order valence-corrected chi connectivity index (χ1v) is 10.2. The predicted octanol–water partition coefficient (Wildman–Crippen LogP) is -0.487. The Hall–Kier alpha value is -3.66. The predicted molar refractivity (Wildman–Crippen MR) is 106 cm³/mol. The molecule has 0 radical (unpaired) electrons. The normalized spacial score (nSPS) is 31.7. The van der Waals surface area contributed by atoms with Crippen molar-refractivity contribution in [2.45, 2.75) is 24.9 Å². The quantitative estimate of drug-likeness (QED) is 0.529. The fourth-order valence-corrected chi connectivity index (χ4v) is 5.58. The van der Waals surface area contributed by atoms with Crippen LogP contribution in [-0.2, 0) is 25.6 Å². The van der Waals surface area contributed by atoms with E-state index in [2.05, 4.69) is 5.10 Å². The molecule has 2 fully saturated rings. The van der Waals surface area contributed by atoms with Crippen molar-refractivity contribution >= 4 is 29.0 Å². The molecule has 0 saturated heterocycles. The highest BCUT2D eigenvalue weighted by molar-refractivity contribution is 6.31. The smallest absolute Gasteiger partial charge is 0.235 e. The molecule has 1 aromatic heterocycles. The van der Waals surface area contributed by atoms with Gasteiger partial charge in [0.05, 0.1) is 17.2 Å². The number of nitrogens with zero attached hydrogens (tertiary/aromatic N) is 2. The molecule has 164 valence electrons. The van der Waals surface area contributed by atoms with E-state index in [1.807, 2.05) is 0 Å². The Labute approximate surface area is 181 Å². The number of nitrogens with two attached hydrogens (primary N) is 1. The summed E-state index contributed by atoms with van der Waals surface area (Å²) in [7, 11) is 0. The fraction of sp³-hybridized carbons (Fsp3) is 0.364. The Morgan fingerprint density at radius 2 is 1.91 bits per heavy atom. The van der Waals surface area contributed by atoms with Crippen LogP contribution in [0.4, 0.5) is 0 Å². The van der Waals surface area contributed by atoms with E-state index in [9.17, 15) is 34.2 Å². The lowest BCUT2D eigenvalue weighted by molar-refractivity contribution is -0.175. The summed E-state index contributed by atoms with van der Waals surface area (Å²) in [6.07, 6.45) is 3.13. The average Bonchev–Trinajstić information content (AvgIpc) is 3.25. The number of hydrogen-bond donors (Lipinski definition) is 3. The zero-order chi connectivity index (χ0) is 22.9. The first-order chi connectivity index (χ1) is 15.2. The van der Waals surface area contributed by atoms with Gasteiger partial charge in [-0.05, 0) is 42.5 Å². The van der Waals surface area contributed by atoms with E-state index in [4.69, 9.17) is 5.73 Å². The van der Waals surface area contributed by atoms with Crippen molar-refractivity contribution in [3.63, 3.8) is 0 Å². The third kappa shape index (κ3) is 2.49. The zero-order valence-corrected chi connectivity index (χ0v) is 16.7. The number of rotatable bonds is 2. The highest BCUT2D eigenvalue weighted by Crippen LogP contribution is 2.50. The summed E-state index contributed by atoms with van der Waals surface area (Å²) in [6, 6.07) is 4.64. The van der Waals surface area contributed by atoms with Gasteiger partial charge < -0.3 is 15.9 Å². The molecule has 1 amide bonds. The lowest BCUT2D eigenvalue weighted by Crippen LogP contribution is -2.68. The molecule has 2 saturated carbocycles. The van der Waals surface area contributed by atoms with Crippen LogP contribution in [-0.4, -0.2) is 54.6 Å². The average molecular weight is 437 g/mol. The molecule has 3 aliphatic carbocycles. The third-order valence-electron chi connectivity index (χ3n) is 7.01. The van der Waals surface area contributed by atoms with Crippen molar-refractivity contribution in [2.75, 3.05) is 0 Å². The molecule has 0 spiro atoms. The molecule has 3 aliphatic rings. The number of Topliss-reactive ketones (excluding diaryl/α,β-unsaturated/α-hetero) is 4. The van der Waals surface area contributed by atoms with Gasteiger partial charge in [-0.25, -0.2) is 4.68 Å². The maximum atomic E-state index is 13.4. The van der Waals surface area contributed by atoms with Crippen molar-refractivity contribution < 1.29 is 34.2 Å². The van der Waals surface area contributed by atoms with Crippen LogP contribution in [0.1, 0.15) is 28.8 Å². The molecule has 10 heteroatoms. The van der Waals surface area contributed by atoms with Crippen molar-refractivity contribution in [1.29, 1.82) is 0 Å². The van der Waals surface area contributed by atoms with Gasteiger partial charge in [0, 0.05) is 24.7 Å². The van der Waals surface area contributed by atoms with Gasteiger partial charge in [0.1, 0.15) is 5.75 Å². The topological polar surface area (TPSA) is 170 Å². The molecule has 1 aromatic carbocycles. The van der Waals surface area contributed by atoms with E-state index >= 15 is 0 Å². The molecule has 2 unspecified atom stereocenters. The van der Waals surface area contributed by atoms with E-state index in [0.717, 1.165) is 0 Å². The van der Waals surface area contributed by atoms with Crippen LogP contribution in [0, 0.1) is 23.7 Å². The van der Waals surface area contributed by atoms with Gasteiger partial charge >= 0.3 is 0 Å². The van der Waals surface area contributed by atoms with Crippen LogP contribution < -0.4 is 5.73 Å². The van der Waals surface area contributed by atoms with E-state index < -0.39 is 58.3 Å². The van der Waals surface area contributed by atoms with Crippen LogP contribution >= 0.6 is 0 Å². The van der Waals surface area contributed by atoms with E-state index in [1.54, 1.807) is 24.5 Å². The Balaban J connectivity index is 1.62. The van der Waals surface area contributed by atoms with Gasteiger partial charge in [-0.1, -0.05) is 0 Å². The zero-order valence-electron chi connectivity index (χ0n) is 16.7. The van der Waals surface area contributed by atoms with Crippen LogP contribution in [0.3, 0.4) is 0 Å². The monoisotopic (exact) mass is 437 g/mol. The number of benzene rings is 1. The first-order valence-electron chi connectivity index (χ1n) is 10.2. The van der Waals surface area contributed by atoms with E-state index in [0.29, 0.717) is 11.3 Å². The molecule has 5 rings (SSSR count). The summed E-state index contributed by atoms with van der Waals surface area (Å²) in [5.41, 5.74) is 3.54. The van der Waals surface area contributed by atoms with Crippen LogP contribution in [0.15, 0.2) is 30.6 Å². The van der Waals surface area contributed by atoms with Gasteiger partial charge in [0.2, 0.25) is 5.91 Å². The molecular formula is C22H19N3O7. The Bertz CT molecular complexity index is 1220. The standard InChI is InChI=1S/C22H19N3O7/c23-21(31)17-14(27)8-10-6-9-7-11-12(25-5-1-4-24-25)2-3-13(26)16(11)18(28)15(9)19(29)22(10,32)20(17)30/h1-5,9-10,15,17,26,32H,6-8H2,(H2,23,31)/t9-,10+,15?,17?,22+/m1/s1. The fourth-order valence-electron chi connectivity index (χ4n) is 5.58. The number of primary amides is 1. The van der Waals surface area contributed by atoms with E-state index in [1.165, 1.54) is 10.7 Å². The van der Waals surface area contributed by atoms with Crippen molar-refractivity contribution in [1.82, 2.24) is 9.78 Å². The lowest BCUT2D eigenvalue weighted by Gasteiger charge is -2.48. The first kappa shape index (κ1) is 20.3. The number of hydrogen-bond acceptors (Lipinski definition) is 8. The molecule has 0 aliphatic heterocycles. The van der Waals surface area contributed by atoms with Crippen molar-refractivity contribution in [2.24, 2.45) is 29.4 Å². The Morgan fingerprint density at radius 1 is 1.16 bits per heavy atom. The van der Waals surface area contributed by atoms with Gasteiger partial charge in [0.25, 0.3) is 0 Å². The molecule has 0 bridgehead atoms. The molecular weight excluding hydrogens is 418 g/mol. The van der Waals surface area contributed by atoms with E-state index in [-0.39, 0.29) is 30.6 Å². The SMILES string of the molecule is NC(=O)C1C(=O)C[C@@H]2C[C@@H]3Cc4c(-n5cccn5)ccc(O)c4C(=O)C3C(=O)[C@]2(O)C1=O. The van der Waals surface area contributed by atoms with Gasteiger partial charge in [-0.15, -0.1) is 0 Å². The number of carbonyl (C=O) groups is 5. The minimum Gasteiger partial charge on any atom is -0.507 e. The Kier molecular flexibility index (Phi) is 4.22. The highest BCUT2D eigenvalue weighted by atomic mass is 16.3. The maximum absolute atomic E-state index is 13.4. The minimum atomic E-state index is -2.64. The number of ketones is 4. The molecule has 10 nitrogen and oxygen atoms in total. The molecule has 32 heavy (non-hydrogen) atoms. The number of aliphatic hydroxyl groups is 1. The summed E-state index contributed by atoms with van der Waals surface area (Å²) in [5, 5.41) is 25.8. The second kappa shape index (κ2) is 6.67. The van der Waals surface area contributed by atoms with Crippen molar-refractivity contribution in [3.05, 3.63) is 41.7 Å². The Morgan fingerprint density at radius 3 is 2.56 bits per heavy atom. The van der Waals surface area contributed by atoms with Crippen LogP contribution in [0.5, 0.6) is 5.75 Å². The number of aromatic nitrogens is 2.